The van der Waals surface area contributed by atoms with Crippen molar-refractivity contribution in [3.05, 3.63) is 35.9 Å². The Balaban J connectivity index is 1.21. The van der Waals surface area contributed by atoms with Crippen LogP contribution in [-0.4, -0.2) is 57.3 Å². The molecule has 0 radical (unpaired) electrons. The number of piperidine rings is 1. The normalized spacial score (nSPS) is 15.5. The van der Waals surface area contributed by atoms with Gasteiger partial charge in [0.15, 0.2) is 15.5 Å². The van der Waals surface area contributed by atoms with Gasteiger partial charge in [0, 0.05) is 31.9 Å². The van der Waals surface area contributed by atoms with E-state index in [0.29, 0.717) is 59.4 Å². The average molecular weight is 483 g/mol. The molecule has 1 saturated heterocycles. The van der Waals surface area contributed by atoms with Crippen LogP contribution in [-0.2, 0) is 17.6 Å². The summed E-state index contributed by atoms with van der Waals surface area (Å²) in [6.07, 6.45) is -1.12. The summed E-state index contributed by atoms with van der Waals surface area (Å²) in [5.74, 6) is 0.319. The number of rotatable bonds is 6. The zero-order chi connectivity index (χ0) is 23.4. The van der Waals surface area contributed by atoms with Crippen molar-refractivity contribution in [3.63, 3.8) is 0 Å². The number of ether oxygens (including phenoxy) is 1. The van der Waals surface area contributed by atoms with Crippen molar-refractivity contribution in [1.29, 1.82) is 0 Å². The molecule has 0 atom stereocenters. The fourth-order valence-corrected chi connectivity index (χ4v) is 4.06. The molecule has 1 aliphatic heterocycles. The third-order valence-corrected chi connectivity index (χ3v) is 5.82. The first-order valence-electron chi connectivity index (χ1n) is 9.97. The molecule has 0 saturated carbocycles. The zero-order valence-corrected chi connectivity index (χ0v) is 18.2. The fraction of sp³-hybridized carbons (Fsp3) is 0.421. The Labute approximate surface area is 190 Å². The number of pyridine rings is 1. The molecule has 4 heterocycles. The number of nitrogens with one attached hydrogen (secondary N) is 2. The van der Waals surface area contributed by atoms with Crippen molar-refractivity contribution in [1.82, 2.24) is 30.3 Å². The Bertz CT molecular complexity index is 1100. The SMILES string of the molecule is COc1ncnc2sc(NC(=O)ON3CCC(NCc4ccc(C(F)(F)F)nc4)CC3)nc12. The molecule has 0 aliphatic carbocycles. The quantitative estimate of drug-likeness (QED) is 0.545. The predicted octanol–water partition coefficient (Wildman–Crippen LogP) is 3.23. The molecule has 1 aliphatic rings. The molecule has 2 N–H and O–H groups in total. The molecule has 3 aromatic heterocycles. The number of methoxy groups -OCH3 is 1. The molecular formula is C19H20F3N7O3S. The molecule has 1 amide bonds. The van der Waals surface area contributed by atoms with Crippen LogP contribution in [0.4, 0.5) is 23.1 Å². The number of alkyl halides is 3. The van der Waals surface area contributed by atoms with Crippen molar-refractivity contribution >= 4 is 32.9 Å². The van der Waals surface area contributed by atoms with E-state index in [4.69, 9.17) is 9.57 Å². The van der Waals surface area contributed by atoms with Gasteiger partial charge in [-0.3, -0.25) is 10.3 Å². The van der Waals surface area contributed by atoms with Crippen LogP contribution < -0.4 is 15.4 Å². The summed E-state index contributed by atoms with van der Waals surface area (Å²) in [6.45, 7) is 1.42. The maximum Gasteiger partial charge on any atom is 0.433 e. The van der Waals surface area contributed by atoms with Gasteiger partial charge in [-0.1, -0.05) is 17.4 Å². The molecular weight excluding hydrogens is 463 g/mol. The first-order chi connectivity index (χ1) is 15.8. The molecule has 0 unspecified atom stereocenters. The lowest BCUT2D eigenvalue weighted by Gasteiger charge is -2.30. The number of hydrogen-bond acceptors (Lipinski definition) is 10. The van der Waals surface area contributed by atoms with Gasteiger partial charge in [-0.25, -0.2) is 14.8 Å². The number of hydroxylamine groups is 2. The molecule has 0 spiro atoms. The summed E-state index contributed by atoms with van der Waals surface area (Å²) < 4.78 is 42.9. The second-order valence-corrected chi connectivity index (χ2v) is 8.17. The van der Waals surface area contributed by atoms with Crippen LogP contribution in [0.1, 0.15) is 24.1 Å². The summed E-state index contributed by atoms with van der Waals surface area (Å²) in [6, 6.07) is 2.53. The van der Waals surface area contributed by atoms with Gasteiger partial charge in [0.05, 0.1) is 7.11 Å². The van der Waals surface area contributed by atoms with E-state index in [9.17, 15) is 18.0 Å². The van der Waals surface area contributed by atoms with E-state index in [1.54, 1.807) is 5.06 Å². The average Bonchev–Trinajstić information content (AvgIpc) is 3.20. The van der Waals surface area contributed by atoms with Gasteiger partial charge >= 0.3 is 12.3 Å². The van der Waals surface area contributed by atoms with Crippen LogP contribution in [0, 0.1) is 0 Å². The number of nitrogens with zero attached hydrogens (tertiary/aromatic N) is 5. The van der Waals surface area contributed by atoms with Gasteiger partial charge in [0.1, 0.15) is 12.0 Å². The van der Waals surface area contributed by atoms with Crippen LogP contribution in [0.2, 0.25) is 0 Å². The number of hydrogen-bond donors (Lipinski definition) is 2. The van der Waals surface area contributed by atoms with E-state index in [-0.39, 0.29) is 6.04 Å². The number of fused-ring (bicyclic) bond motifs is 1. The third-order valence-electron chi connectivity index (χ3n) is 4.94. The molecule has 4 rings (SSSR count). The highest BCUT2D eigenvalue weighted by Gasteiger charge is 2.32. The molecule has 0 aromatic carbocycles. The van der Waals surface area contributed by atoms with E-state index >= 15 is 0 Å². The number of thiazole rings is 1. The second kappa shape index (κ2) is 9.80. The minimum atomic E-state index is -4.45. The maximum atomic E-state index is 12.6. The van der Waals surface area contributed by atoms with Gasteiger partial charge in [-0.2, -0.15) is 18.2 Å². The second-order valence-electron chi connectivity index (χ2n) is 7.19. The lowest BCUT2D eigenvalue weighted by molar-refractivity contribution is -0.141. The highest BCUT2D eigenvalue weighted by molar-refractivity contribution is 7.22. The van der Waals surface area contributed by atoms with Crippen LogP contribution in [0.15, 0.2) is 24.7 Å². The molecule has 1 fully saturated rings. The molecule has 0 bridgehead atoms. The number of carbonyl (C=O) groups excluding carboxylic acids is 1. The largest absolute Gasteiger partial charge is 0.479 e. The molecule has 14 heteroatoms. The van der Waals surface area contributed by atoms with Crippen molar-refractivity contribution < 1.29 is 27.5 Å². The van der Waals surface area contributed by atoms with Crippen LogP contribution in [0.3, 0.4) is 0 Å². The summed E-state index contributed by atoms with van der Waals surface area (Å²) >= 11 is 1.17. The number of carbonyl (C=O) groups is 1. The molecule has 10 nitrogen and oxygen atoms in total. The lowest BCUT2D eigenvalue weighted by atomic mass is 10.1. The maximum absolute atomic E-state index is 12.6. The van der Waals surface area contributed by atoms with Crippen molar-refractivity contribution in [3.8, 4) is 5.88 Å². The van der Waals surface area contributed by atoms with Gasteiger partial charge in [0.25, 0.3) is 0 Å². The van der Waals surface area contributed by atoms with Gasteiger partial charge < -0.3 is 14.9 Å². The zero-order valence-electron chi connectivity index (χ0n) is 17.4. The number of aromatic nitrogens is 4. The molecule has 33 heavy (non-hydrogen) atoms. The van der Waals surface area contributed by atoms with Crippen molar-refractivity contribution in [2.45, 2.75) is 31.6 Å². The summed E-state index contributed by atoms with van der Waals surface area (Å²) in [7, 11) is 1.47. The monoisotopic (exact) mass is 483 g/mol. The lowest BCUT2D eigenvalue weighted by Crippen LogP contribution is -2.43. The summed E-state index contributed by atoms with van der Waals surface area (Å²) in [5, 5.41) is 7.75. The fourth-order valence-electron chi connectivity index (χ4n) is 3.27. The number of halogens is 3. The van der Waals surface area contributed by atoms with E-state index in [1.165, 1.54) is 37.0 Å². The van der Waals surface area contributed by atoms with Crippen LogP contribution >= 0.6 is 11.3 Å². The van der Waals surface area contributed by atoms with Crippen LogP contribution in [0.5, 0.6) is 5.88 Å². The smallest absolute Gasteiger partial charge is 0.433 e. The number of anilines is 1. The standard InChI is InChI=1S/C19H20F3N7O3S/c1-31-15-14-16(26-10-25-15)33-17(27-14)28-18(30)32-29-6-4-12(5-7-29)23-8-11-2-3-13(24-9-11)19(20,21)22/h2-3,9-10,12,23H,4-8H2,1H3,(H,27,28,30). The first kappa shape index (κ1) is 23.1. The Morgan fingerprint density at radius 2 is 2.03 bits per heavy atom. The predicted molar refractivity (Wildman–Crippen MR) is 113 cm³/mol. The number of amides is 1. The van der Waals surface area contributed by atoms with E-state index < -0.39 is 18.0 Å². The highest BCUT2D eigenvalue weighted by Crippen LogP contribution is 2.29. The van der Waals surface area contributed by atoms with Crippen molar-refractivity contribution in [2.24, 2.45) is 0 Å². The topological polar surface area (TPSA) is 114 Å². The summed E-state index contributed by atoms with van der Waals surface area (Å²) in [5.41, 5.74) is 0.210. The van der Waals surface area contributed by atoms with Crippen molar-refractivity contribution in [2.75, 3.05) is 25.5 Å². The Morgan fingerprint density at radius 1 is 1.24 bits per heavy atom. The molecule has 3 aromatic rings. The Kier molecular flexibility index (Phi) is 6.85. The van der Waals surface area contributed by atoms with Gasteiger partial charge in [0.2, 0.25) is 5.88 Å². The van der Waals surface area contributed by atoms with Gasteiger partial charge in [-0.15, -0.1) is 5.06 Å². The Hall–Kier alpha value is -3.10. The van der Waals surface area contributed by atoms with Gasteiger partial charge in [-0.05, 0) is 24.5 Å². The third kappa shape index (κ3) is 5.83. The molecule has 176 valence electrons. The van der Waals surface area contributed by atoms with E-state index in [2.05, 4.69) is 30.6 Å². The van der Waals surface area contributed by atoms with Crippen LogP contribution in [0.25, 0.3) is 10.3 Å². The van der Waals surface area contributed by atoms with E-state index in [1.807, 2.05) is 0 Å². The minimum absolute atomic E-state index is 0.144. The Morgan fingerprint density at radius 3 is 2.70 bits per heavy atom. The summed E-state index contributed by atoms with van der Waals surface area (Å²) in [4.78, 5) is 33.9. The van der Waals surface area contributed by atoms with E-state index in [0.717, 1.165) is 6.07 Å². The minimum Gasteiger partial charge on any atom is -0.479 e. The highest BCUT2D eigenvalue weighted by atomic mass is 32.1. The first-order valence-corrected chi connectivity index (χ1v) is 10.8.